The summed E-state index contributed by atoms with van der Waals surface area (Å²) in [4.78, 5) is 16.7. The number of hydrogen-bond donors (Lipinski definition) is 0. The monoisotopic (exact) mass is 361 g/mol. The Kier molecular flexibility index (Phi) is 4.27. The topological polar surface area (TPSA) is 72.6 Å². The maximum Gasteiger partial charge on any atom is 0.180 e. The quantitative estimate of drug-likeness (QED) is 0.711. The summed E-state index contributed by atoms with van der Waals surface area (Å²) in [6.45, 7) is 3.02. The van der Waals surface area contributed by atoms with Gasteiger partial charge in [0.15, 0.2) is 5.82 Å². The highest BCUT2D eigenvalue weighted by Crippen LogP contribution is 2.33. The van der Waals surface area contributed by atoms with Gasteiger partial charge in [-0.05, 0) is 50.2 Å². The van der Waals surface area contributed by atoms with Crippen LogP contribution in [0, 0.1) is 5.92 Å². The maximum atomic E-state index is 4.96. The molecule has 0 bridgehead atoms. The average Bonchev–Trinajstić information content (AvgIpc) is 3.40. The van der Waals surface area contributed by atoms with Crippen LogP contribution in [0.3, 0.4) is 0 Å². The Bertz CT molecular complexity index is 900. The molecule has 138 valence electrons. The smallest absolute Gasteiger partial charge is 0.180 e. The van der Waals surface area contributed by atoms with Crippen LogP contribution in [0.15, 0.2) is 36.8 Å². The van der Waals surface area contributed by atoms with Gasteiger partial charge in [0, 0.05) is 43.3 Å². The number of anilines is 1. The van der Waals surface area contributed by atoms with Gasteiger partial charge < -0.3 is 4.90 Å². The predicted octanol–water partition coefficient (Wildman–Crippen LogP) is 2.54. The first-order chi connectivity index (χ1) is 13.4. The van der Waals surface area contributed by atoms with Gasteiger partial charge in [-0.1, -0.05) is 11.3 Å². The Morgan fingerprint density at radius 3 is 2.74 bits per heavy atom. The largest absolute Gasteiger partial charge is 0.356 e. The standard InChI is InChI=1S/C20H23N7/c1-2-9-21-18(5-1)19-23-17-6-3-4-16(17)20(24-19)26-11-7-15(8-12-26)14-27-13-10-22-25-27/h1-2,5,9-10,13,15H,3-4,6-8,11-12,14H2. The highest BCUT2D eigenvalue weighted by atomic mass is 15.4. The second-order valence-electron chi connectivity index (χ2n) is 7.42. The minimum Gasteiger partial charge on any atom is -0.356 e. The molecule has 0 radical (unpaired) electrons. The molecule has 0 amide bonds. The molecule has 0 spiro atoms. The lowest BCUT2D eigenvalue weighted by Gasteiger charge is -2.33. The minimum absolute atomic E-state index is 0.646. The van der Waals surface area contributed by atoms with Crippen molar-refractivity contribution in [2.45, 2.75) is 38.6 Å². The van der Waals surface area contributed by atoms with Crippen LogP contribution in [0.4, 0.5) is 5.82 Å². The molecule has 0 N–H and O–H groups in total. The number of nitrogens with zero attached hydrogens (tertiary/aromatic N) is 7. The Morgan fingerprint density at radius 2 is 1.96 bits per heavy atom. The number of rotatable bonds is 4. The van der Waals surface area contributed by atoms with E-state index in [1.54, 1.807) is 12.4 Å². The number of aromatic nitrogens is 6. The fourth-order valence-corrected chi connectivity index (χ4v) is 4.21. The van der Waals surface area contributed by atoms with Crippen molar-refractivity contribution in [2.24, 2.45) is 5.92 Å². The van der Waals surface area contributed by atoms with Crippen LogP contribution in [-0.4, -0.2) is 43.0 Å². The van der Waals surface area contributed by atoms with Gasteiger partial charge in [-0.2, -0.15) is 0 Å². The van der Waals surface area contributed by atoms with Crippen LogP contribution >= 0.6 is 0 Å². The van der Waals surface area contributed by atoms with E-state index in [2.05, 4.69) is 20.2 Å². The van der Waals surface area contributed by atoms with Crippen molar-refractivity contribution in [1.82, 2.24) is 29.9 Å². The Morgan fingerprint density at radius 1 is 1.04 bits per heavy atom. The van der Waals surface area contributed by atoms with Crippen LogP contribution in [0.2, 0.25) is 0 Å². The van der Waals surface area contributed by atoms with Gasteiger partial charge in [0.05, 0.1) is 6.20 Å². The van der Waals surface area contributed by atoms with Gasteiger partial charge in [-0.25, -0.2) is 9.97 Å². The molecule has 7 heteroatoms. The molecule has 0 unspecified atom stereocenters. The zero-order chi connectivity index (χ0) is 18.1. The predicted molar refractivity (Wildman–Crippen MR) is 102 cm³/mol. The highest BCUT2D eigenvalue weighted by molar-refractivity contribution is 5.59. The molecule has 1 fully saturated rings. The van der Waals surface area contributed by atoms with Gasteiger partial charge in [-0.3, -0.25) is 9.67 Å². The Balaban J connectivity index is 1.38. The fourth-order valence-electron chi connectivity index (χ4n) is 4.21. The molecule has 3 aromatic heterocycles. The van der Waals surface area contributed by atoms with Crippen molar-refractivity contribution in [3.05, 3.63) is 48.0 Å². The van der Waals surface area contributed by atoms with Gasteiger partial charge in [-0.15, -0.1) is 5.10 Å². The molecule has 4 heterocycles. The van der Waals surface area contributed by atoms with Crippen molar-refractivity contribution in [1.29, 1.82) is 0 Å². The molecule has 5 rings (SSSR count). The molecule has 0 saturated carbocycles. The zero-order valence-corrected chi connectivity index (χ0v) is 15.3. The molecule has 1 saturated heterocycles. The summed E-state index contributed by atoms with van der Waals surface area (Å²) in [5.41, 5.74) is 3.42. The molecular formula is C20H23N7. The van der Waals surface area contributed by atoms with E-state index in [1.807, 2.05) is 29.1 Å². The van der Waals surface area contributed by atoms with Gasteiger partial charge in [0.25, 0.3) is 0 Å². The van der Waals surface area contributed by atoms with E-state index in [4.69, 9.17) is 9.97 Å². The number of aryl methyl sites for hydroxylation is 1. The van der Waals surface area contributed by atoms with E-state index in [-0.39, 0.29) is 0 Å². The van der Waals surface area contributed by atoms with Crippen LogP contribution in [0.5, 0.6) is 0 Å². The highest BCUT2D eigenvalue weighted by Gasteiger charge is 2.27. The molecule has 27 heavy (non-hydrogen) atoms. The summed E-state index contributed by atoms with van der Waals surface area (Å²) in [5.74, 6) is 2.54. The Labute approximate surface area is 158 Å². The third-order valence-electron chi connectivity index (χ3n) is 5.64. The van der Waals surface area contributed by atoms with E-state index < -0.39 is 0 Å². The molecule has 0 aromatic carbocycles. The minimum atomic E-state index is 0.646. The summed E-state index contributed by atoms with van der Waals surface area (Å²) < 4.78 is 1.95. The van der Waals surface area contributed by atoms with Crippen LogP contribution in [-0.2, 0) is 19.4 Å². The van der Waals surface area contributed by atoms with Gasteiger partial charge in [0.1, 0.15) is 11.5 Å². The lowest BCUT2D eigenvalue weighted by Crippen LogP contribution is -2.36. The normalized spacial score (nSPS) is 17.3. The van der Waals surface area contributed by atoms with Crippen molar-refractivity contribution < 1.29 is 0 Å². The van der Waals surface area contributed by atoms with Gasteiger partial charge >= 0.3 is 0 Å². The molecule has 3 aromatic rings. The molecule has 2 aliphatic rings. The van der Waals surface area contributed by atoms with Gasteiger partial charge in [0.2, 0.25) is 0 Å². The van der Waals surface area contributed by atoms with Crippen molar-refractivity contribution in [3.8, 4) is 11.5 Å². The first-order valence-electron chi connectivity index (χ1n) is 9.77. The fraction of sp³-hybridized carbons (Fsp3) is 0.450. The second kappa shape index (κ2) is 7.06. The first kappa shape index (κ1) is 16.4. The lowest BCUT2D eigenvalue weighted by molar-refractivity contribution is 0.338. The van der Waals surface area contributed by atoms with E-state index in [9.17, 15) is 0 Å². The van der Waals surface area contributed by atoms with Crippen molar-refractivity contribution >= 4 is 5.82 Å². The first-order valence-corrected chi connectivity index (χ1v) is 9.77. The number of hydrogen-bond acceptors (Lipinski definition) is 6. The third-order valence-corrected chi connectivity index (χ3v) is 5.64. The number of pyridine rings is 1. The summed E-state index contributed by atoms with van der Waals surface area (Å²) in [6.07, 6.45) is 11.1. The van der Waals surface area contributed by atoms with E-state index in [0.29, 0.717) is 5.92 Å². The van der Waals surface area contributed by atoms with Crippen LogP contribution in [0.1, 0.15) is 30.5 Å². The number of piperidine rings is 1. The molecule has 7 nitrogen and oxygen atoms in total. The SMILES string of the molecule is c1ccc(-c2nc3c(c(N4CCC(Cn5ccnn5)CC4)n2)CCC3)nc1. The molecule has 0 atom stereocenters. The third kappa shape index (κ3) is 3.29. The second-order valence-corrected chi connectivity index (χ2v) is 7.42. The number of fused-ring (bicyclic) bond motifs is 1. The summed E-state index contributed by atoms with van der Waals surface area (Å²) in [5, 5.41) is 8.01. The maximum absolute atomic E-state index is 4.96. The average molecular weight is 361 g/mol. The van der Waals surface area contributed by atoms with Crippen LogP contribution in [0.25, 0.3) is 11.5 Å². The van der Waals surface area contributed by atoms with Crippen molar-refractivity contribution in [3.63, 3.8) is 0 Å². The van der Waals surface area contributed by atoms with E-state index in [1.165, 1.54) is 17.7 Å². The summed E-state index contributed by atoms with van der Waals surface area (Å²) in [6, 6.07) is 5.91. The zero-order valence-electron chi connectivity index (χ0n) is 15.3. The molecular weight excluding hydrogens is 338 g/mol. The van der Waals surface area contributed by atoms with Crippen molar-refractivity contribution in [2.75, 3.05) is 18.0 Å². The van der Waals surface area contributed by atoms with E-state index >= 15 is 0 Å². The lowest BCUT2D eigenvalue weighted by atomic mass is 9.96. The summed E-state index contributed by atoms with van der Waals surface area (Å²) in [7, 11) is 0. The van der Waals surface area contributed by atoms with Crippen LogP contribution < -0.4 is 4.90 Å². The summed E-state index contributed by atoms with van der Waals surface area (Å²) >= 11 is 0. The molecule has 1 aliphatic heterocycles. The molecule has 1 aliphatic carbocycles. The Hall–Kier alpha value is -2.83. The van der Waals surface area contributed by atoms with E-state index in [0.717, 1.165) is 62.7 Å².